The number of hydrogen-bond donors (Lipinski definition) is 1. The van der Waals surface area contributed by atoms with Gasteiger partial charge in [-0.05, 0) is 6.42 Å². The second-order valence-corrected chi connectivity index (χ2v) is 6.70. The molecule has 1 aromatic heterocycles. The molecule has 1 saturated heterocycles. The van der Waals surface area contributed by atoms with Crippen LogP contribution in [0.2, 0.25) is 5.15 Å². The Morgan fingerprint density at radius 3 is 2.61 bits per heavy atom. The minimum atomic E-state index is -3.16. The van der Waals surface area contributed by atoms with Crippen LogP contribution in [-0.4, -0.2) is 34.8 Å². The van der Waals surface area contributed by atoms with Gasteiger partial charge >= 0.3 is 0 Å². The van der Waals surface area contributed by atoms with Crippen LogP contribution in [0.5, 0.6) is 0 Å². The van der Waals surface area contributed by atoms with Crippen molar-refractivity contribution in [2.45, 2.75) is 25.5 Å². The Bertz CT molecular complexity index is 558. The molecule has 1 fully saturated rings. The molecule has 0 radical (unpaired) electrons. The maximum absolute atomic E-state index is 12.7. The Labute approximate surface area is 107 Å². The molecule has 1 N–H and O–H groups in total. The summed E-state index contributed by atoms with van der Waals surface area (Å²) in [5, 5.41) is 12.5. The monoisotopic (exact) mass is 300 g/mol. The van der Waals surface area contributed by atoms with Gasteiger partial charge < -0.3 is 5.11 Å². The summed E-state index contributed by atoms with van der Waals surface area (Å²) in [4.78, 5) is 0. The highest BCUT2D eigenvalue weighted by atomic mass is 35.5. The van der Waals surface area contributed by atoms with E-state index in [1.165, 1.54) is 0 Å². The molecule has 0 aromatic carbocycles. The first kappa shape index (κ1) is 13.7. The Balaban J connectivity index is 2.41. The molecule has 1 aliphatic rings. The normalized spacial score (nSPS) is 22.8. The first-order chi connectivity index (χ1) is 8.35. The molecule has 2 heterocycles. The van der Waals surface area contributed by atoms with Crippen LogP contribution < -0.4 is 0 Å². The average Bonchev–Trinajstić information content (AvgIpc) is 2.78. The van der Waals surface area contributed by atoms with Crippen molar-refractivity contribution in [3.05, 3.63) is 16.4 Å². The van der Waals surface area contributed by atoms with Gasteiger partial charge in [-0.1, -0.05) is 11.6 Å². The van der Waals surface area contributed by atoms with E-state index in [0.29, 0.717) is 0 Å². The second-order valence-electron chi connectivity index (χ2n) is 4.11. The van der Waals surface area contributed by atoms with Crippen molar-refractivity contribution in [3.63, 3.8) is 0 Å². The summed E-state index contributed by atoms with van der Waals surface area (Å²) in [5.74, 6) is -0.172. The molecule has 1 aromatic rings. The van der Waals surface area contributed by atoms with Gasteiger partial charge in [0.15, 0.2) is 9.84 Å². The van der Waals surface area contributed by atoms with Gasteiger partial charge in [-0.25, -0.2) is 21.9 Å². The molecule has 0 saturated carbocycles. The maximum Gasteiger partial charge on any atom is 0.282 e. The van der Waals surface area contributed by atoms with E-state index in [-0.39, 0.29) is 28.6 Å². The smallest absolute Gasteiger partial charge is 0.282 e. The predicted molar refractivity (Wildman–Crippen MR) is 60.4 cm³/mol. The molecule has 1 atom stereocenters. The van der Waals surface area contributed by atoms with E-state index in [0.717, 1.165) is 4.68 Å². The SMILES string of the molecule is O=S1(=O)CCC(n2nc(C(F)F)c(CO)c2Cl)C1. The first-order valence-electron chi connectivity index (χ1n) is 5.22. The molecule has 1 aliphatic heterocycles. The third kappa shape index (κ3) is 2.36. The van der Waals surface area contributed by atoms with Gasteiger partial charge in [0.2, 0.25) is 0 Å². The van der Waals surface area contributed by atoms with Crippen LogP contribution in [-0.2, 0) is 16.4 Å². The van der Waals surface area contributed by atoms with Crippen LogP contribution in [0.15, 0.2) is 0 Å². The van der Waals surface area contributed by atoms with E-state index >= 15 is 0 Å². The van der Waals surface area contributed by atoms with E-state index in [1.54, 1.807) is 0 Å². The largest absolute Gasteiger partial charge is 0.391 e. The Hall–Kier alpha value is -0.730. The van der Waals surface area contributed by atoms with Crippen molar-refractivity contribution in [2.24, 2.45) is 0 Å². The van der Waals surface area contributed by atoms with E-state index in [9.17, 15) is 17.2 Å². The average molecular weight is 301 g/mol. The molecule has 0 bridgehead atoms. The molecular formula is C9H11ClF2N2O3S. The van der Waals surface area contributed by atoms with E-state index in [4.69, 9.17) is 16.7 Å². The Kier molecular flexibility index (Phi) is 3.61. The van der Waals surface area contributed by atoms with Crippen LogP contribution in [0.3, 0.4) is 0 Å². The fraction of sp³-hybridized carbons (Fsp3) is 0.667. The Morgan fingerprint density at radius 1 is 1.56 bits per heavy atom. The lowest BCUT2D eigenvalue weighted by Crippen LogP contribution is -2.13. The number of hydrogen-bond acceptors (Lipinski definition) is 4. The fourth-order valence-corrected chi connectivity index (χ4v) is 4.02. The molecule has 0 aliphatic carbocycles. The maximum atomic E-state index is 12.7. The van der Waals surface area contributed by atoms with Crippen LogP contribution in [0, 0.1) is 0 Å². The minimum Gasteiger partial charge on any atom is -0.391 e. The van der Waals surface area contributed by atoms with Crippen LogP contribution in [0.1, 0.15) is 30.1 Å². The lowest BCUT2D eigenvalue weighted by molar-refractivity contribution is 0.141. The van der Waals surface area contributed by atoms with E-state index < -0.39 is 34.6 Å². The number of aliphatic hydroxyl groups is 1. The number of rotatable bonds is 3. The molecular weight excluding hydrogens is 290 g/mol. The van der Waals surface area contributed by atoms with Gasteiger partial charge in [0.25, 0.3) is 6.43 Å². The summed E-state index contributed by atoms with van der Waals surface area (Å²) < 4.78 is 49.1. The zero-order valence-corrected chi connectivity index (χ0v) is 10.8. The summed E-state index contributed by atoms with van der Waals surface area (Å²) in [6.07, 6.45) is -2.57. The van der Waals surface area contributed by atoms with Gasteiger partial charge in [-0.3, -0.25) is 0 Å². The highest BCUT2D eigenvalue weighted by molar-refractivity contribution is 7.91. The van der Waals surface area contributed by atoms with Crippen molar-refractivity contribution in [1.29, 1.82) is 0 Å². The third-order valence-corrected chi connectivity index (χ3v) is 5.05. The molecule has 5 nitrogen and oxygen atoms in total. The number of alkyl halides is 2. The quantitative estimate of drug-likeness (QED) is 0.914. The van der Waals surface area contributed by atoms with Gasteiger partial charge in [-0.15, -0.1) is 0 Å². The van der Waals surface area contributed by atoms with Crippen molar-refractivity contribution in [2.75, 3.05) is 11.5 Å². The van der Waals surface area contributed by atoms with Crippen LogP contribution >= 0.6 is 11.6 Å². The fourth-order valence-electron chi connectivity index (χ4n) is 2.00. The van der Waals surface area contributed by atoms with Gasteiger partial charge in [0.05, 0.1) is 24.2 Å². The summed E-state index contributed by atoms with van der Waals surface area (Å²) in [5.41, 5.74) is -0.734. The first-order valence-corrected chi connectivity index (χ1v) is 7.42. The van der Waals surface area contributed by atoms with Crippen molar-refractivity contribution in [1.82, 2.24) is 9.78 Å². The lowest BCUT2D eigenvalue weighted by atomic mass is 10.2. The van der Waals surface area contributed by atoms with Crippen LogP contribution in [0.25, 0.3) is 0 Å². The summed E-state index contributed by atoms with van der Waals surface area (Å²) >= 11 is 5.86. The Morgan fingerprint density at radius 2 is 2.22 bits per heavy atom. The molecule has 9 heteroatoms. The molecule has 1 unspecified atom stereocenters. The van der Waals surface area contributed by atoms with Crippen molar-refractivity contribution < 1.29 is 22.3 Å². The highest BCUT2D eigenvalue weighted by Crippen LogP contribution is 2.33. The minimum absolute atomic E-state index is 0.00761. The lowest BCUT2D eigenvalue weighted by Gasteiger charge is -2.09. The predicted octanol–water partition coefficient (Wildman–Crippen LogP) is 1.33. The van der Waals surface area contributed by atoms with Gasteiger partial charge in [-0.2, -0.15) is 5.10 Å². The summed E-state index contributed by atoms with van der Waals surface area (Å²) in [6, 6.07) is -0.541. The van der Waals surface area contributed by atoms with E-state index in [1.807, 2.05) is 0 Å². The molecule has 2 rings (SSSR count). The zero-order valence-electron chi connectivity index (χ0n) is 9.18. The van der Waals surface area contributed by atoms with Crippen molar-refractivity contribution >= 4 is 21.4 Å². The summed E-state index contributed by atoms with van der Waals surface area (Å²) in [6.45, 7) is -0.655. The van der Waals surface area contributed by atoms with Gasteiger partial charge in [0.1, 0.15) is 10.8 Å². The molecule has 18 heavy (non-hydrogen) atoms. The topological polar surface area (TPSA) is 72.2 Å². The third-order valence-electron chi connectivity index (χ3n) is 2.89. The number of aliphatic hydroxyl groups excluding tert-OH is 1. The standard InChI is InChI=1S/C9H11ClF2N2O3S/c10-8-6(3-15)7(9(11)12)13-14(8)5-1-2-18(16,17)4-5/h5,9,15H,1-4H2. The molecule has 0 spiro atoms. The second kappa shape index (κ2) is 4.75. The number of halogens is 3. The van der Waals surface area contributed by atoms with Crippen LogP contribution in [0.4, 0.5) is 8.78 Å². The number of nitrogens with zero attached hydrogens (tertiary/aromatic N) is 2. The highest BCUT2D eigenvalue weighted by Gasteiger charge is 2.33. The molecule has 0 amide bonds. The number of sulfone groups is 1. The summed E-state index contributed by atoms with van der Waals surface area (Å²) in [7, 11) is -3.16. The zero-order chi connectivity index (χ0) is 13.5. The van der Waals surface area contributed by atoms with Crippen molar-refractivity contribution in [3.8, 4) is 0 Å². The number of aromatic nitrogens is 2. The molecule has 102 valence electrons. The van der Waals surface area contributed by atoms with Gasteiger partial charge in [0, 0.05) is 5.56 Å². The van der Waals surface area contributed by atoms with E-state index in [2.05, 4.69) is 5.10 Å².